The number of carbonyl (C=O) groups is 2. The molecule has 0 unspecified atom stereocenters. The molecule has 0 saturated carbocycles. The minimum absolute atomic E-state index is 0.256. The number of hydrogen-bond donors (Lipinski definition) is 5. The first-order valence-corrected chi connectivity index (χ1v) is 5.99. The van der Waals surface area contributed by atoms with Gasteiger partial charge in [0, 0.05) is 25.2 Å². The van der Waals surface area contributed by atoms with E-state index in [0.717, 1.165) is 27.0 Å². The topological polar surface area (TPSA) is 173 Å². The number of nitrogens with two attached hydrogens (primary N) is 4. The number of aryl methyl sites for hydroxylation is 1. The lowest BCUT2D eigenvalue weighted by Crippen LogP contribution is -2.43. The number of H-pyrrole nitrogens is 1. The highest BCUT2D eigenvalue weighted by molar-refractivity contribution is 5.71. The molecular formula is C10H20N8O2. The molecule has 1 aromatic rings. The van der Waals surface area contributed by atoms with E-state index in [-0.39, 0.29) is 13.1 Å². The Balaban J connectivity index is 2.65. The first kappa shape index (κ1) is 15.7. The van der Waals surface area contributed by atoms with Gasteiger partial charge in [0.2, 0.25) is 0 Å². The standard InChI is InChI=1S/C10H20N8O2/c1-6-7(2-4-17(13)9(11)19)8(16-15-6)3-5-18(14)10(12)20/h2-5,13-14H2,1H3,(H2,11,19)(H2,12,20)(H,15,16). The smallest absolute Gasteiger partial charge is 0.328 e. The molecule has 10 heteroatoms. The fourth-order valence-corrected chi connectivity index (χ4v) is 1.73. The number of rotatable bonds is 6. The van der Waals surface area contributed by atoms with Crippen LogP contribution in [0.5, 0.6) is 0 Å². The molecule has 1 rings (SSSR count). The number of nitrogens with zero attached hydrogens (tertiary/aromatic N) is 3. The van der Waals surface area contributed by atoms with Gasteiger partial charge in [0.25, 0.3) is 0 Å². The van der Waals surface area contributed by atoms with Gasteiger partial charge >= 0.3 is 12.1 Å². The highest BCUT2D eigenvalue weighted by atomic mass is 16.2. The van der Waals surface area contributed by atoms with Crippen molar-refractivity contribution in [1.82, 2.24) is 20.2 Å². The normalized spacial score (nSPS) is 10.3. The van der Waals surface area contributed by atoms with Crippen molar-refractivity contribution in [2.45, 2.75) is 19.8 Å². The molecule has 0 radical (unpaired) electrons. The molecule has 0 aliphatic heterocycles. The van der Waals surface area contributed by atoms with E-state index < -0.39 is 12.1 Å². The maximum Gasteiger partial charge on any atom is 0.328 e. The summed E-state index contributed by atoms with van der Waals surface area (Å²) in [6.07, 6.45) is 0.967. The van der Waals surface area contributed by atoms with Crippen LogP contribution in [0.4, 0.5) is 9.59 Å². The zero-order valence-electron chi connectivity index (χ0n) is 11.3. The first-order chi connectivity index (χ1) is 9.32. The van der Waals surface area contributed by atoms with E-state index in [0.29, 0.717) is 12.8 Å². The van der Waals surface area contributed by atoms with Gasteiger partial charge in [0.1, 0.15) is 0 Å². The van der Waals surface area contributed by atoms with Crippen molar-refractivity contribution >= 4 is 12.1 Å². The van der Waals surface area contributed by atoms with Crippen molar-refractivity contribution in [3.05, 3.63) is 17.0 Å². The molecular weight excluding hydrogens is 264 g/mol. The highest BCUT2D eigenvalue weighted by Crippen LogP contribution is 2.12. The average Bonchev–Trinajstić information content (AvgIpc) is 2.73. The quantitative estimate of drug-likeness (QED) is 0.238. The van der Waals surface area contributed by atoms with Crippen molar-refractivity contribution in [3.63, 3.8) is 0 Å². The van der Waals surface area contributed by atoms with Gasteiger partial charge in [-0.05, 0) is 18.9 Å². The fraction of sp³-hybridized carbons (Fsp3) is 0.500. The van der Waals surface area contributed by atoms with Crippen LogP contribution in [0.2, 0.25) is 0 Å². The van der Waals surface area contributed by atoms with Crippen molar-refractivity contribution in [1.29, 1.82) is 0 Å². The third-order valence-corrected chi connectivity index (χ3v) is 2.93. The number of aromatic amines is 1. The maximum absolute atomic E-state index is 10.8. The van der Waals surface area contributed by atoms with Gasteiger partial charge < -0.3 is 11.5 Å². The van der Waals surface area contributed by atoms with Crippen molar-refractivity contribution < 1.29 is 9.59 Å². The Morgan fingerprint density at radius 2 is 1.60 bits per heavy atom. The van der Waals surface area contributed by atoms with E-state index in [1.54, 1.807) is 0 Å². The molecule has 4 amide bonds. The van der Waals surface area contributed by atoms with Crippen LogP contribution in [0.1, 0.15) is 17.0 Å². The number of hydrazine groups is 2. The Hall–Kier alpha value is -2.33. The van der Waals surface area contributed by atoms with Crippen LogP contribution < -0.4 is 23.2 Å². The lowest BCUT2D eigenvalue weighted by atomic mass is 10.1. The van der Waals surface area contributed by atoms with Crippen molar-refractivity contribution in [2.24, 2.45) is 23.2 Å². The summed E-state index contributed by atoms with van der Waals surface area (Å²) in [7, 11) is 0. The Morgan fingerprint density at radius 1 is 1.10 bits per heavy atom. The summed E-state index contributed by atoms with van der Waals surface area (Å²) in [5.74, 6) is 10.9. The Bertz CT molecular complexity index is 486. The second-order valence-electron chi connectivity index (χ2n) is 4.33. The third kappa shape index (κ3) is 4.10. The minimum Gasteiger partial charge on any atom is -0.350 e. The van der Waals surface area contributed by atoms with E-state index in [4.69, 9.17) is 23.2 Å². The summed E-state index contributed by atoms with van der Waals surface area (Å²) in [6.45, 7) is 2.35. The third-order valence-electron chi connectivity index (χ3n) is 2.93. The predicted molar refractivity (Wildman–Crippen MR) is 71.7 cm³/mol. The maximum atomic E-state index is 10.8. The zero-order valence-corrected chi connectivity index (χ0v) is 11.3. The molecule has 9 N–H and O–H groups in total. The van der Waals surface area contributed by atoms with Gasteiger partial charge in [0.15, 0.2) is 0 Å². The second-order valence-corrected chi connectivity index (χ2v) is 4.33. The molecule has 0 aliphatic rings. The van der Waals surface area contributed by atoms with Crippen LogP contribution in [0.15, 0.2) is 0 Å². The molecule has 112 valence electrons. The summed E-state index contributed by atoms with van der Waals surface area (Å²) in [4.78, 5) is 21.7. The van der Waals surface area contributed by atoms with E-state index >= 15 is 0 Å². The molecule has 0 bridgehead atoms. The number of aromatic nitrogens is 2. The molecule has 20 heavy (non-hydrogen) atoms. The van der Waals surface area contributed by atoms with Crippen molar-refractivity contribution in [2.75, 3.05) is 13.1 Å². The molecule has 0 fully saturated rings. The van der Waals surface area contributed by atoms with Crippen molar-refractivity contribution in [3.8, 4) is 0 Å². The second kappa shape index (κ2) is 6.73. The first-order valence-electron chi connectivity index (χ1n) is 5.99. The summed E-state index contributed by atoms with van der Waals surface area (Å²) >= 11 is 0. The van der Waals surface area contributed by atoms with Gasteiger partial charge in [-0.1, -0.05) is 0 Å². The molecule has 1 aromatic heterocycles. The van der Waals surface area contributed by atoms with E-state index in [1.165, 1.54) is 0 Å². The summed E-state index contributed by atoms with van der Waals surface area (Å²) in [5.41, 5.74) is 12.6. The van der Waals surface area contributed by atoms with E-state index in [2.05, 4.69) is 10.2 Å². The Kier molecular flexibility index (Phi) is 5.29. The van der Waals surface area contributed by atoms with Crippen LogP contribution in [-0.2, 0) is 12.8 Å². The molecule has 0 aromatic carbocycles. The molecule has 0 saturated heterocycles. The summed E-state index contributed by atoms with van der Waals surface area (Å²) < 4.78 is 0. The van der Waals surface area contributed by atoms with Crippen LogP contribution in [0.3, 0.4) is 0 Å². The molecule has 1 heterocycles. The summed E-state index contributed by atoms with van der Waals surface area (Å²) in [6, 6.07) is -1.40. The van der Waals surface area contributed by atoms with Crippen LogP contribution >= 0.6 is 0 Å². The molecule has 0 aliphatic carbocycles. The lowest BCUT2D eigenvalue weighted by Gasteiger charge is -2.15. The number of hydrogen-bond acceptors (Lipinski definition) is 5. The fourth-order valence-electron chi connectivity index (χ4n) is 1.73. The largest absolute Gasteiger partial charge is 0.350 e. The molecule has 0 atom stereocenters. The SMILES string of the molecule is Cc1n[nH]c(CCN(N)C(N)=O)c1CCN(N)C(N)=O. The number of primary amides is 2. The average molecular weight is 284 g/mol. The van der Waals surface area contributed by atoms with Gasteiger partial charge in [-0.2, -0.15) is 5.10 Å². The Labute approximate surface area is 116 Å². The predicted octanol–water partition coefficient (Wildman–Crippen LogP) is -1.69. The number of urea groups is 2. The van der Waals surface area contributed by atoms with E-state index in [9.17, 15) is 9.59 Å². The number of amides is 4. The monoisotopic (exact) mass is 284 g/mol. The van der Waals surface area contributed by atoms with Gasteiger partial charge in [-0.15, -0.1) is 0 Å². The van der Waals surface area contributed by atoms with Crippen LogP contribution in [0.25, 0.3) is 0 Å². The van der Waals surface area contributed by atoms with Crippen LogP contribution in [-0.4, -0.2) is 45.4 Å². The van der Waals surface area contributed by atoms with Gasteiger partial charge in [0.05, 0.1) is 5.69 Å². The number of carbonyl (C=O) groups excluding carboxylic acids is 2. The molecule has 0 spiro atoms. The lowest BCUT2D eigenvalue weighted by molar-refractivity contribution is 0.208. The van der Waals surface area contributed by atoms with Gasteiger partial charge in [-0.25, -0.2) is 21.3 Å². The zero-order chi connectivity index (χ0) is 15.3. The van der Waals surface area contributed by atoms with E-state index in [1.807, 2.05) is 6.92 Å². The summed E-state index contributed by atoms with van der Waals surface area (Å²) in [5, 5.41) is 8.79. The van der Waals surface area contributed by atoms with Gasteiger partial charge in [-0.3, -0.25) is 15.1 Å². The molecule has 10 nitrogen and oxygen atoms in total. The number of nitrogens with one attached hydrogen (secondary N) is 1. The van der Waals surface area contributed by atoms with Crippen LogP contribution in [0, 0.1) is 6.92 Å². The minimum atomic E-state index is -0.704. The Morgan fingerprint density at radius 3 is 2.10 bits per heavy atom. The highest BCUT2D eigenvalue weighted by Gasteiger charge is 2.14.